The van der Waals surface area contributed by atoms with Gasteiger partial charge in [0.25, 0.3) is 0 Å². The third-order valence-electron chi connectivity index (χ3n) is 5.32. The molecular formula is C17H34BNO4Si. The summed E-state index contributed by atoms with van der Waals surface area (Å²) in [7, 11) is -0.948. The van der Waals surface area contributed by atoms with E-state index in [0.717, 1.165) is 19.4 Å². The topological polar surface area (TPSA) is 59.0 Å². The van der Waals surface area contributed by atoms with Crippen LogP contribution in [-0.2, 0) is 14.0 Å². The zero-order valence-corrected chi connectivity index (χ0v) is 17.3. The second-order valence-corrected chi connectivity index (χ2v) is 12.9. The van der Waals surface area contributed by atoms with E-state index < -0.39 is 15.4 Å². The highest BCUT2D eigenvalue weighted by Gasteiger charge is 2.44. The van der Waals surface area contributed by atoms with Crippen LogP contribution in [0.25, 0.3) is 0 Å². The fourth-order valence-corrected chi connectivity index (χ4v) is 4.18. The molecule has 7 heteroatoms. The van der Waals surface area contributed by atoms with Gasteiger partial charge < -0.3 is 19.0 Å². The van der Waals surface area contributed by atoms with Crippen molar-refractivity contribution in [3.05, 3.63) is 12.2 Å². The monoisotopic (exact) mass is 355 g/mol. The van der Waals surface area contributed by atoms with Crippen LogP contribution in [0.1, 0.15) is 40.0 Å². The molecule has 5 nitrogen and oxygen atoms in total. The van der Waals surface area contributed by atoms with Crippen LogP contribution in [0.3, 0.4) is 0 Å². The van der Waals surface area contributed by atoms with Gasteiger partial charge >= 0.3 is 13.0 Å². The lowest BCUT2D eigenvalue weighted by atomic mass is 9.83. The first-order chi connectivity index (χ1) is 11.0. The molecule has 0 aromatic rings. The Morgan fingerprint density at radius 3 is 2.50 bits per heavy atom. The van der Waals surface area contributed by atoms with E-state index in [9.17, 15) is 9.82 Å². The molecule has 1 N–H and O–H groups in total. The van der Waals surface area contributed by atoms with Gasteiger partial charge in [0.1, 0.15) is 0 Å². The van der Waals surface area contributed by atoms with E-state index in [-0.39, 0.29) is 29.6 Å². The Bertz CT molecular complexity index is 448. The van der Waals surface area contributed by atoms with Gasteiger partial charge in [-0.3, -0.25) is 4.79 Å². The quantitative estimate of drug-likeness (QED) is 0.432. The average molecular weight is 355 g/mol. The van der Waals surface area contributed by atoms with Crippen LogP contribution >= 0.6 is 0 Å². The number of rotatable bonds is 7. The number of carbonyl (C=O) groups excluding carboxylic acids is 1. The first-order valence-electron chi connectivity index (χ1n) is 8.83. The largest absolute Gasteiger partial charge is 0.469 e. The van der Waals surface area contributed by atoms with Crippen LogP contribution < -0.4 is 0 Å². The third kappa shape index (κ3) is 5.72. The van der Waals surface area contributed by atoms with Crippen molar-refractivity contribution in [2.75, 3.05) is 13.7 Å². The molecule has 138 valence electrons. The molecule has 0 amide bonds. The number of ether oxygens (including phenoxy) is 1. The van der Waals surface area contributed by atoms with Crippen LogP contribution in [0, 0.1) is 0 Å². The Morgan fingerprint density at radius 2 is 2.00 bits per heavy atom. The van der Waals surface area contributed by atoms with Gasteiger partial charge in [0.15, 0.2) is 8.32 Å². The summed E-state index contributed by atoms with van der Waals surface area (Å²) in [6.45, 7) is 13.9. The van der Waals surface area contributed by atoms with Crippen molar-refractivity contribution in [1.82, 2.24) is 4.81 Å². The highest BCUT2D eigenvalue weighted by Crippen LogP contribution is 2.39. The molecule has 2 atom stereocenters. The summed E-state index contributed by atoms with van der Waals surface area (Å²) in [5.74, 6) is -0.237. The van der Waals surface area contributed by atoms with Gasteiger partial charge in [-0.05, 0) is 44.3 Å². The molecule has 0 radical (unpaired) electrons. The van der Waals surface area contributed by atoms with Crippen molar-refractivity contribution >= 4 is 21.3 Å². The second kappa shape index (κ2) is 8.65. The van der Waals surface area contributed by atoms with E-state index in [1.165, 1.54) is 7.11 Å². The molecule has 1 aliphatic heterocycles. The summed E-state index contributed by atoms with van der Waals surface area (Å²) in [6.07, 6.45) is 5.96. The SMILES string of the molecule is COC(=O)C/C=C\C[C@H]1C(O[Si](C)(C)C(C)(C)C)CCN1B(C)O. The van der Waals surface area contributed by atoms with Crippen LogP contribution in [0.2, 0.25) is 25.0 Å². The van der Waals surface area contributed by atoms with Gasteiger partial charge in [0.05, 0.1) is 19.6 Å². The summed E-state index contributed by atoms with van der Waals surface area (Å²) >= 11 is 0. The van der Waals surface area contributed by atoms with E-state index >= 15 is 0 Å². The molecule has 0 aromatic carbocycles. The molecule has 0 aromatic heterocycles. The molecule has 0 saturated carbocycles. The van der Waals surface area contributed by atoms with Crippen LogP contribution in [0.15, 0.2) is 12.2 Å². The first-order valence-corrected chi connectivity index (χ1v) is 11.7. The Morgan fingerprint density at radius 1 is 1.38 bits per heavy atom. The van der Waals surface area contributed by atoms with Gasteiger partial charge in [-0.2, -0.15) is 0 Å². The number of methoxy groups -OCH3 is 1. The summed E-state index contributed by atoms with van der Waals surface area (Å²) in [4.78, 5) is 13.3. The maximum absolute atomic E-state index is 11.2. The Kier molecular flexibility index (Phi) is 7.72. The predicted molar refractivity (Wildman–Crippen MR) is 101 cm³/mol. The smallest absolute Gasteiger partial charge is 0.376 e. The minimum Gasteiger partial charge on any atom is -0.469 e. The van der Waals surface area contributed by atoms with E-state index in [0.29, 0.717) is 0 Å². The highest BCUT2D eigenvalue weighted by molar-refractivity contribution is 6.74. The second-order valence-electron chi connectivity index (χ2n) is 8.13. The van der Waals surface area contributed by atoms with Gasteiger partial charge in [-0.25, -0.2) is 0 Å². The Hall–Kier alpha value is -0.628. The molecule has 1 aliphatic rings. The first kappa shape index (κ1) is 21.4. The molecule has 24 heavy (non-hydrogen) atoms. The predicted octanol–water partition coefficient (Wildman–Crippen LogP) is 3.07. The lowest BCUT2D eigenvalue weighted by molar-refractivity contribution is -0.139. The van der Waals surface area contributed by atoms with E-state index in [4.69, 9.17) is 4.43 Å². The van der Waals surface area contributed by atoms with Crippen LogP contribution in [0.5, 0.6) is 0 Å². The number of hydrogen-bond acceptors (Lipinski definition) is 5. The zero-order chi connectivity index (χ0) is 18.5. The fourth-order valence-electron chi connectivity index (χ4n) is 2.79. The minimum atomic E-state index is -1.85. The molecule has 1 rings (SSSR count). The molecular weight excluding hydrogens is 321 g/mol. The zero-order valence-electron chi connectivity index (χ0n) is 16.3. The molecule has 0 spiro atoms. The molecule has 0 bridgehead atoms. The van der Waals surface area contributed by atoms with Crippen molar-refractivity contribution in [1.29, 1.82) is 0 Å². The van der Waals surface area contributed by atoms with E-state index in [2.05, 4.69) is 43.4 Å². The van der Waals surface area contributed by atoms with Crippen molar-refractivity contribution in [2.24, 2.45) is 0 Å². The maximum Gasteiger partial charge on any atom is 0.376 e. The standard InChI is InChI=1S/C17H34BNO4Si/c1-17(2,3)24(6,7)23-15-12-13-19(18(4)21)14(15)10-8-9-11-16(20)22-5/h8-9,14-15,21H,10-13H2,1-7H3/b9-8-/t14-,15?/m0/s1. The van der Waals surface area contributed by atoms with Gasteiger partial charge in [-0.1, -0.05) is 32.9 Å². The van der Waals surface area contributed by atoms with Gasteiger partial charge in [0, 0.05) is 6.04 Å². The van der Waals surface area contributed by atoms with Crippen molar-refractivity contribution in [3.63, 3.8) is 0 Å². The number of esters is 1. The van der Waals surface area contributed by atoms with Crippen molar-refractivity contribution < 1.29 is 19.0 Å². The lowest BCUT2D eigenvalue weighted by Crippen LogP contribution is -2.49. The number of nitrogens with zero attached hydrogens (tertiary/aromatic N) is 1. The lowest BCUT2D eigenvalue weighted by Gasteiger charge is -2.40. The average Bonchev–Trinajstić information content (AvgIpc) is 2.84. The maximum atomic E-state index is 11.2. The van der Waals surface area contributed by atoms with Gasteiger partial charge in [0.2, 0.25) is 0 Å². The Labute approximate surface area is 148 Å². The molecule has 0 aliphatic carbocycles. The van der Waals surface area contributed by atoms with Crippen molar-refractivity contribution in [2.45, 2.75) is 77.1 Å². The third-order valence-corrected chi connectivity index (χ3v) is 9.82. The van der Waals surface area contributed by atoms with Gasteiger partial charge in [-0.15, -0.1) is 0 Å². The summed E-state index contributed by atoms with van der Waals surface area (Å²) in [6, 6.07) is 0.146. The molecule has 1 fully saturated rings. The van der Waals surface area contributed by atoms with Crippen molar-refractivity contribution in [3.8, 4) is 0 Å². The van der Waals surface area contributed by atoms with E-state index in [1.54, 1.807) is 6.82 Å². The summed E-state index contributed by atoms with van der Waals surface area (Å²) in [5, 5.41) is 10.2. The molecule has 1 heterocycles. The summed E-state index contributed by atoms with van der Waals surface area (Å²) < 4.78 is 11.3. The normalized spacial score (nSPS) is 23.0. The highest BCUT2D eigenvalue weighted by atomic mass is 28.4. The van der Waals surface area contributed by atoms with Crippen LogP contribution in [-0.4, -0.2) is 57.0 Å². The number of carbonyl (C=O) groups is 1. The minimum absolute atomic E-state index is 0.128. The summed E-state index contributed by atoms with van der Waals surface area (Å²) in [5.41, 5.74) is 0. The molecule has 1 unspecified atom stereocenters. The van der Waals surface area contributed by atoms with E-state index in [1.807, 2.05) is 12.2 Å². The molecule has 1 saturated heterocycles. The number of hydrogen-bond donors (Lipinski definition) is 1. The van der Waals surface area contributed by atoms with Crippen LogP contribution in [0.4, 0.5) is 0 Å². The Balaban J connectivity index is 2.78. The fraction of sp³-hybridized carbons (Fsp3) is 0.824.